The zero-order valence-electron chi connectivity index (χ0n) is 4.13. The van der Waals surface area contributed by atoms with Crippen molar-refractivity contribution in [2.45, 2.75) is 0 Å². The SMILES string of the molecule is C=CN(C)/C=N\I. The summed E-state index contributed by atoms with van der Waals surface area (Å²) in [6.07, 6.45) is 3.36. The molecule has 0 radical (unpaired) electrons. The lowest BCUT2D eigenvalue weighted by molar-refractivity contribution is 0.716. The molecule has 0 aliphatic carbocycles. The summed E-state index contributed by atoms with van der Waals surface area (Å²) in [5.41, 5.74) is 0. The summed E-state index contributed by atoms with van der Waals surface area (Å²) in [5, 5.41) is 0. The molecule has 0 spiro atoms. The average Bonchev–Trinajstić information content (AvgIpc) is 1.68. The highest BCUT2D eigenvalue weighted by Gasteiger charge is 1.73. The standard InChI is InChI=1S/C4H7IN2/c1-3-7(2)4-6-5/h3-4H,1H2,2H3/b6-4-. The first kappa shape index (κ1) is 6.94. The van der Waals surface area contributed by atoms with Crippen LogP contribution in [0.4, 0.5) is 0 Å². The first-order chi connectivity index (χ1) is 3.31. The van der Waals surface area contributed by atoms with Crippen LogP contribution in [0.5, 0.6) is 0 Å². The Balaban J connectivity index is 3.35. The molecular weight excluding hydrogens is 203 g/mol. The molecule has 0 rings (SSSR count). The second-order valence-electron chi connectivity index (χ2n) is 1.06. The summed E-state index contributed by atoms with van der Waals surface area (Å²) in [7, 11) is 1.87. The highest BCUT2D eigenvalue weighted by Crippen LogP contribution is 1.81. The van der Waals surface area contributed by atoms with Crippen molar-refractivity contribution >= 4 is 29.2 Å². The molecule has 0 amide bonds. The van der Waals surface area contributed by atoms with Crippen LogP contribution in [0, 0.1) is 0 Å². The summed E-state index contributed by atoms with van der Waals surface area (Å²) in [4.78, 5) is 1.77. The van der Waals surface area contributed by atoms with Crippen LogP contribution in [0.1, 0.15) is 0 Å². The number of hydrogen-bond donors (Lipinski definition) is 0. The van der Waals surface area contributed by atoms with E-state index in [1.54, 1.807) is 17.4 Å². The lowest BCUT2D eigenvalue weighted by Gasteiger charge is -2.00. The van der Waals surface area contributed by atoms with Crippen molar-refractivity contribution in [2.75, 3.05) is 7.05 Å². The van der Waals surface area contributed by atoms with Crippen LogP contribution in [0.2, 0.25) is 0 Å². The molecule has 0 aromatic rings. The van der Waals surface area contributed by atoms with Crippen LogP contribution in [0.25, 0.3) is 0 Å². The van der Waals surface area contributed by atoms with Crippen LogP contribution in [0.15, 0.2) is 16.0 Å². The smallest absolute Gasteiger partial charge is 0.101 e. The predicted octanol–water partition coefficient (Wildman–Crippen LogP) is 1.44. The normalized spacial score (nSPS) is 9.43. The summed E-state index contributed by atoms with van der Waals surface area (Å²) >= 11 is 1.91. The maximum atomic E-state index is 3.71. The van der Waals surface area contributed by atoms with Crippen LogP contribution in [-0.2, 0) is 0 Å². The Bertz CT molecular complexity index is 79.8. The summed E-state index contributed by atoms with van der Waals surface area (Å²) in [6, 6.07) is 0. The highest BCUT2D eigenvalue weighted by molar-refractivity contribution is 14.1. The quantitative estimate of drug-likeness (QED) is 0.382. The summed E-state index contributed by atoms with van der Waals surface area (Å²) in [6.45, 7) is 3.51. The van der Waals surface area contributed by atoms with Crippen LogP contribution in [0.3, 0.4) is 0 Å². The fourth-order valence-corrected chi connectivity index (χ4v) is 0.509. The van der Waals surface area contributed by atoms with E-state index in [1.807, 2.05) is 29.9 Å². The van der Waals surface area contributed by atoms with Gasteiger partial charge in [0.05, 0.1) is 22.9 Å². The Kier molecular flexibility index (Phi) is 4.07. The minimum Gasteiger partial charge on any atom is -0.342 e. The monoisotopic (exact) mass is 210 g/mol. The minimum atomic E-state index is 1.67. The van der Waals surface area contributed by atoms with Gasteiger partial charge in [-0.15, -0.1) is 0 Å². The molecule has 0 unspecified atom stereocenters. The maximum absolute atomic E-state index is 3.71. The highest BCUT2D eigenvalue weighted by atomic mass is 127. The van der Waals surface area contributed by atoms with Gasteiger partial charge in [0, 0.05) is 7.05 Å². The lowest BCUT2D eigenvalue weighted by atomic mass is 10.8. The van der Waals surface area contributed by atoms with Gasteiger partial charge in [0.15, 0.2) is 0 Å². The third kappa shape index (κ3) is 3.78. The van der Waals surface area contributed by atoms with Crippen molar-refractivity contribution < 1.29 is 0 Å². The predicted molar refractivity (Wildman–Crippen MR) is 40.5 cm³/mol. The lowest BCUT2D eigenvalue weighted by Crippen LogP contribution is -2.04. The van der Waals surface area contributed by atoms with Gasteiger partial charge in [-0.1, -0.05) is 6.58 Å². The molecule has 0 bridgehead atoms. The molecule has 0 saturated heterocycles. The third-order valence-corrected chi connectivity index (χ3v) is 0.763. The van der Waals surface area contributed by atoms with Crippen molar-refractivity contribution in [3.8, 4) is 0 Å². The summed E-state index contributed by atoms with van der Waals surface area (Å²) in [5.74, 6) is 0. The molecule has 0 aliphatic heterocycles. The van der Waals surface area contributed by atoms with E-state index in [2.05, 4.69) is 9.78 Å². The zero-order valence-corrected chi connectivity index (χ0v) is 6.29. The van der Waals surface area contributed by atoms with Gasteiger partial charge in [0.25, 0.3) is 0 Å². The van der Waals surface area contributed by atoms with Crippen molar-refractivity contribution in [3.05, 3.63) is 12.8 Å². The van der Waals surface area contributed by atoms with E-state index < -0.39 is 0 Å². The van der Waals surface area contributed by atoms with Crippen molar-refractivity contribution in [1.29, 1.82) is 0 Å². The molecule has 7 heavy (non-hydrogen) atoms. The first-order valence-electron chi connectivity index (χ1n) is 1.80. The molecule has 0 aromatic heterocycles. The Hall–Kier alpha value is -0.0600. The molecule has 40 valence electrons. The van der Waals surface area contributed by atoms with Crippen LogP contribution in [-0.4, -0.2) is 18.3 Å². The second-order valence-corrected chi connectivity index (χ2v) is 1.62. The second kappa shape index (κ2) is 4.11. The number of halogens is 1. The molecule has 3 heteroatoms. The number of nitrogens with zero attached hydrogens (tertiary/aromatic N) is 2. The van der Waals surface area contributed by atoms with Gasteiger partial charge in [-0.2, -0.15) is 0 Å². The molecule has 0 aromatic carbocycles. The van der Waals surface area contributed by atoms with E-state index in [1.165, 1.54) is 0 Å². The molecule has 0 heterocycles. The van der Waals surface area contributed by atoms with E-state index in [4.69, 9.17) is 0 Å². The topological polar surface area (TPSA) is 15.6 Å². The maximum Gasteiger partial charge on any atom is 0.101 e. The molecule has 0 atom stereocenters. The first-order valence-corrected chi connectivity index (χ1v) is 2.76. The molecule has 0 aliphatic rings. The Morgan fingerprint density at radius 2 is 2.43 bits per heavy atom. The Morgan fingerprint density at radius 1 is 1.86 bits per heavy atom. The van der Waals surface area contributed by atoms with Crippen molar-refractivity contribution in [2.24, 2.45) is 3.21 Å². The summed E-state index contributed by atoms with van der Waals surface area (Å²) < 4.78 is 3.71. The van der Waals surface area contributed by atoms with Gasteiger partial charge < -0.3 is 4.90 Å². The van der Waals surface area contributed by atoms with Crippen LogP contribution < -0.4 is 0 Å². The van der Waals surface area contributed by atoms with Crippen molar-refractivity contribution in [1.82, 2.24) is 4.90 Å². The number of hydrogen-bond acceptors (Lipinski definition) is 1. The van der Waals surface area contributed by atoms with Crippen LogP contribution >= 0.6 is 22.9 Å². The van der Waals surface area contributed by atoms with Gasteiger partial charge in [-0.3, -0.25) is 0 Å². The van der Waals surface area contributed by atoms with Gasteiger partial charge in [-0.25, -0.2) is 3.21 Å². The number of rotatable bonds is 2. The van der Waals surface area contributed by atoms with Gasteiger partial charge in [0.1, 0.15) is 6.34 Å². The molecular formula is C4H7IN2. The van der Waals surface area contributed by atoms with E-state index in [0.717, 1.165) is 0 Å². The van der Waals surface area contributed by atoms with E-state index in [-0.39, 0.29) is 0 Å². The van der Waals surface area contributed by atoms with Gasteiger partial charge in [0.2, 0.25) is 0 Å². The van der Waals surface area contributed by atoms with Crippen molar-refractivity contribution in [3.63, 3.8) is 0 Å². The Labute approximate surface area is 57.4 Å². The fourth-order valence-electron chi connectivity index (χ4n) is 0.116. The molecule has 0 N–H and O–H groups in total. The zero-order chi connectivity index (χ0) is 5.70. The minimum absolute atomic E-state index is 1.67. The van der Waals surface area contributed by atoms with Gasteiger partial charge >= 0.3 is 0 Å². The average molecular weight is 210 g/mol. The van der Waals surface area contributed by atoms with E-state index >= 15 is 0 Å². The van der Waals surface area contributed by atoms with Gasteiger partial charge in [-0.05, 0) is 6.20 Å². The molecule has 0 saturated carbocycles. The molecule has 2 nitrogen and oxygen atoms in total. The Morgan fingerprint density at radius 3 is 2.57 bits per heavy atom. The van der Waals surface area contributed by atoms with E-state index in [0.29, 0.717) is 0 Å². The van der Waals surface area contributed by atoms with E-state index in [9.17, 15) is 0 Å². The largest absolute Gasteiger partial charge is 0.342 e. The fraction of sp³-hybridized carbons (Fsp3) is 0.250. The third-order valence-electron chi connectivity index (χ3n) is 0.514. The molecule has 0 fully saturated rings.